The van der Waals surface area contributed by atoms with Crippen molar-refractivity contribution in [1.82, 2.24) is 15.6 Å². The molecule has 0 spiro atoms. The minimum Gasteiger partial charge on any atom is -0.361 e. The Labute approximate surface area is 113 Å². The number of H-pyrrole nitrogens is 1. The van der Waals surface area contributed by atoms with Crippen LogP contribution in [0.2, 0.25) is 0 Å². The van der Waals surface area contributed by atoms with Gasteiger partial charge >= 0.3 is 0 Å². The molecule has 3 amide bonds. The highest BCUT2D eigenvalue weighted by molar-refractivity contribution is 6.37. The SMILES string of the molecule is CC(=O)NC1=C(c2c[nH]c3ccccc23)C(=O)NC1=O. The van der Waals surface area contributed by atoms with Crippen LogP contribution in [0.3, 0.4) is 0 Å². The number of imide groups is 1. The fourth-order valence-corrected chi connectivity index (χ4v) is 2.29. The molecule has 0 saturated heterocycles. The number of benzene rings is 1. The Morgan fingerprint density at radius 2 is 1.90 bits per heavy atom. The lowest BCUT2D eigenvalue weighted by Gasteiger charge is -2.03. The van der Waals surface area contributed by atoms with E-state index >= 15 is 0 Å². The fraction of sp³-hybridized carbons (Fsp3) is 0.0714. The van der Waals surface area contributed by atoms with Gasteiger partial charge in [0.2, 0.25) is 5.91 Å². The average Bonchev–Trinajstić information content (AvgIpc) is 2.92. The van der Waals surface area contributed by atoms with Gasteiger partial charge < -0.3 is 10.3 Å². The van der Waals surface area contributed by atoms with Gasteiger partial charge in [-0.15, -0.1) is 0 Å². The van der Waals surface area contributed by atoms with Gasteiger partial charge in [0.1, 0.15) is 5.70 Å². The maximum absolute atomic E-state index is 12.0. The number of para-hydroxylation sites is 1. The third kappa shape index (κ3) is 1.78. The zero-order valence-corrected chi connectivity index (χ0v) is 10.6. The maximum Gasteiger partial charge on any atom is 0.275 e. The molecule has 0 aliphatic carbocycles. The number of hydrogen-bond donors (Lipinski definition) is 3. The molecule has 3 N–H and O–H groups in total. The Morgan fingerprint density at radius 3 is 2.65 bits per heavy atom. The summed E-state index contributed by atoms with van der Waals surface area (Å²) in [6, 6.07) is 7.42. The van der Waals surface area contributed by atoms with E-state index in [9.17, 15) is 14.4 Å². The van der Waals surface area contributed by atoms with E-state index in [-0.39, 0.29) is 11.3 Å². The van der Waals surface area contributed by atoms with Crippen molar-refractivity contribution in [3.05, 3.63) is 41.7 Å². The van der Waals surface area contributed by atoms with Crippen LogP contribution in [0.25, 0.3) is 16.5 Å². The van der Waals surface area contributed by atoms with Crippen molar-refractivity contribution in [1.29, 1.82) is 0 Å². The van der Waals surface area contributed by atoms with Crippen LogP contribution in [-0.2, 0) is 14.4 Å². The summed E-state index contributed by atoms with van der Waals surface area (Å²) in [5, 5.41) is 5.43. The molecular formula is C14H11N3O3. The second-order valence-electron chi connectivity index (χ2n) is 4.46. The summed E-state index contributed by atoms with van der Waals surface area (Å²) in [5.41, 5.74) is 1.62. The zero-order chi connectivity index (χ0) is 14.3. The van der Waals surface area contributed by atoms with Gasteiger partial charge in [-0.05, 0) is 6.07 Å². The Bertz CT molecular complexity index is 786. The third-order valence-corrected chi connectivity index (χ3v) is 3.09. The number of aromatic amines is 1. The lowest BCUT2D eigenvalue weighted by atomic mass is 10.0. The molecular weight excluding hydrogens is 258 g/mol. The monoisotopic (exact) mass is 269 g/mol. The van der Waals surface area contributed by atoms with E-state index < -0.39 is 17.7 Å². The van der Waals surface area contributed by atoms with Gasteiger partial charge in [-0.3, -0.25) is 19.7 Å². The first-order valence-corrected chi connectivity index (χ1v) is 6.02. The first-order chi connectivity index (χ1) is 9.58. The van der Waals surface area contributed by atoms with Crippen molar-refractivity contribution in [2.24, 2.45) is 0 Å². The molecule has 0 fully saturated rings. The number of nitrogens with one attached hydrogen (secondary N) is 3. The summed E-state index contributed by atoms with van der Waals surface area (Å²) in [6.45, 7) is 1.29. The Balaban J connectivity index is 2.23. The summed E-state index contributed by atoms with van der Waals surface area (Å²) in [4.78, 5) is 37.9. The summed E-state index contributed by atoms with van der Waals surface area (Å²) < 4.78 is 0. The number of rotatable bonds is 2. The van der Waals surface area contributed by atoms with Gasteiger partial charge in [-0.25, -0.2) is 0 Å². The first kappa shape index (κ1) is 12.2. The predicted molar refractivity (Wildman–Crippen MR) is 72.2 cm³/mol. The van der Waals surface area contributed by atoms with E-state index in [0.29, 0.717) is 5.56 Å². The van der Waals surface area contributed by atoms with Crippen LogP contribution in [0, 0.1) is 0 Å². The lowest BCUT2D eigenvalue weighted by Crippen LogP contribution is -2.29. The van der Waals surface area contributed by atoms with Crippen LogP contribution < -0.4 is 10.6 Å². The molecule has 6 nitrogen and oxygen atoms in total. The molecule has 1 aromatic heterocycles. The second-order valence-corrected chi connectivity index (χ2v) is 4.46. The van der Waals surface area contributed by atoms with E-state index in [1.54, 1.807) is 6.20 Å². The van der Waals surface area contributed by atoms with E-state index in [1.165, 1.54) is 6.92 Å². The van der Waals surface area contributed by atoms with Crippen LogP contribution in [-0.4, -0.2) is 22.7 Å². The number of fused-ring (bicyclic) bond motifs is 1. The molecule has 0 radical (unpaired) electrons. The molecule has 0 atom stereocenters. The molecule has 3 rings (SSSR count). The summed E-state index contributed by atoms with van der Waals surface area (Å²) >= 11 is 0. The van der Waals surface area contributed by atoms with Crippen molar-refractivity contribution >= 4 is 34.2 Å². The van der Waals surface area contributed by atoms with Gasteiger partial charge in [0.15, 0.2) is 0 Å². The molecule has 0 unspecified atom stereocenters. The topological polar surface area (TPSA) is 91.1 Å². The Morgan fingerprint density at radius 1 is 1.15 bits per heavy atom. The molecule has 20 heavy (non-hydrogen) atoms. The number of carbonyl (C=O) groups is 3. The summed E-state index contributed by atoms with van der Waals surface area (Å²) in [5.74, 6) is -1.50. The van der Waals surface area contributed by atoms with Crippen LogP contribution in [0.4, 0.5) is 0 Å². The van der Waals surface area contributed by atoms with Gasteiger partial charge in [-0.2, -0.15) is 0 Å². The first-order valence-electron chi connectivity index (χ1n) is 6.02. The highest BCUT2D eigenvalue weighted by Crippen LogP contribution is 2.29. The molecule has 100 valence electrons. The zero-order valence-electron chi connectivity index (χ0n) is 10.6. The summed E-state index contributed by atoms with van der Waals surface area (Å²) in [6.07, 6.45) is 1.65. The minimum atomic E-state index is -0.592. The number of amides is 3. The number of aromatic nitrogens is 1. The molecule has 2 aromatic rings. The molecule has 1 aliphatic heterocycles. The maximum atomic E-state index is 12.0. The molecule has 1 aromatic carbocycles. The van der Waals surface area contributed by atoms with E-state index in [1.807, 2.05) is 24.3 Å². The molecule has 0 saturated carbocycles. The molecule has 0 bridgehead atoms. The third-order valence-electron chi connectivity index (χ3n) is 3.09. The van der Waals surface area contributed by atoms with E-state index in [0.717, 1.165) is 10.9 Å². The number of hydrogen-bond acceptors (Lipinski definition) is 3. The van der Waals surface area contributed by atoms with Crippen LogP contribution in [0.5, 0.6) is 0 Å². The fourth-order valence-electron chi connectivity index (χ4n) is 2.29. The van der Waals surface area contributed by atoms with Crippen molar-refractivity contribution in [3.63, 3.8) is 0 Å². The van der Waals surface area contributed by atoms with Gasteiger partial charge in [0.25, 0.3) is 11.8 Å². The Hall–Kier alpha value is -2.89. The van der Waals surface area contributed by atoms with E-state index in [2.05, 4.69) is 15.6 Å². The van der Waals surface area contributed by atoms with Crippen molar-refractivity contribution < 1.29 is 14.4 Å². The second kappa shape index (κ2) is 4.34. The lowest BCUT2D eigenvalue weighted by molar-refractivity contribution is -0.125. The van der Waals surface area contributed by atoms with Crippen molar-refractivity contribution in [2.75, 3.05) is 0 Å². The standard InChI is InChI=1S/C14H11N3O3/c1-7(18)16-12-11(13(19)17-14(12)20)9-6-15-10-5-3-2-4-8(9)10/h2-6,15H,1H3,(H2,16,17,18,19,20). The number of carbonyl (C=O) groups excluding carboxylic acids is 3. The highest BCUT2D eigenvalue weighted by atomic mass is 16.2. The molecule has 1 aliphatic rings. The van der Waals surface area contributed by atoms with Crippen LogP contribution in [0.15, 0.2) is 36.2 Å². The van der Waals surface area contributed by atoms with Crippen molar-refractivity contribution in [2.45, 2.75) is 6.92 Å². The summed E-state index contributed by atoms with van der Waals surface area (Å²) in [7, 11) is 0. The van der Waals surface area contributed by atoms with Crippen LogP contribution in [0.1, 0.15) is 12.5 Å². The van der Waals surface area contributed by atoms with Crippen molar-refractivity contribution in [3.8, 4) is 0 Å². The van der Waals surface area contributed by atoms with E-state index in [4.69, 9.17) is 0 Å². The normalized spacial score (nSPS) is 14.8. The molecule has 6 heteroatoms. The van der Waals surface area contributed by atoms with Gasteiger partial charge in [0.05, 0.1) is 5.57 Å². The van der Waals surface area contributed by atoms with Crippen LogP contribution >= 0.6 is 0 Å². The quantitative estimate of drug-likeness (QED) is 0.700. The predicted octanol–water partition coefficient (Wildman–Crippen LogP) is 0.671. The van der Waals surface area contributed by atoms with Gasteiger partial charge in [-0.1, -0.05) is 18.2 Å². The average molecular weight is 269 g/mol. The Kier molecular flexibility index (Phi) is 2.64. The minimum absolute atomic E-state index is 0.00717. The highest BCUT2D eigenvalue weighted by Gasteiger charge is 2.33. The molecule has 2 heterocycles. The van der Waals surface area contributed by atoms with Gasteiger partial charge in [0, 0.05) is 29.6 Å². The smallest absolute Gasteiger partial charge is 0.275 e. The largest absolute Gasteiger partial charge is 0.361 e.